The zero-order valence-corrected chi connectivity index (χ0v) is 11.6. The maximum absolute atomic E-state index is 9.01. The Hall–Kier alpha value is -2.58. The number of nitrogens with one attached hydrogen (secondary N) is 1. The minimum atomic E-state index is 0.569. The van der Waals surface area contributed by atoms with Crippen LogP contribution in [0, 0.1) is 16.1 Å². The molecule has 3 rings (SSSR count). The van der Waals surface area contributed by atoms with Gasteiger partial charge in [-0.3, -0.25) is 4.57 Å². The molecule has 2 aromatic carbocycles. The molecule has 5 heteroatoms. The van der Waals surface area contributed by atoms with Gasteiger partial charge in [0.05, 0.1) is 24.3 Å². The summed E-state index contributed by atoms with van der Waals surface area (Å²) in [4.78, 5) is 3.15. The van der Waals surface area contributed by atoms with E-state index in [2.05, 4.69) is 11.1 Å². The van der Waals surface area contributed by atoms with Crippen LogP contribution in [-0.2, 0) is 0 Å². The Balaban J connectivity index is 2.34. The van der Waals surface area contributed by atoms with Crippen molar-refractivity contribution < 1.29 is 4.74 Å². The number of ether oxygens (including phenoxy) is 1. The quantitative estimate of drug-likeness (QED) is 0.731. The van der Waals surface area contributed by atoms with Crippen LogP contribution in [0.3, 0.4) is 0 Å². The molecule has 1 N–H and O–H groups in total. The minimum Gasteiger partial charge on any atom is -0.494 e. The van der Waals surface area contributed by atoms with E-state index in [1.165, 1.54) is 0 Å². The first-order valence-corrected chi connectivity index (χ1v) is 6.43. The average molecular weight is 281 g/mol. The second-order valence-corrected chi connectivity index (χ2v) is 4.67. The molecular weight excluding hydrogens is 270 g/mol. The molecule has 0 aliphatic heterocycles. The van der Waals surface area contributed by atoms with Crippen LogP contribution in [0.1, 0.15) is 5.56 Å². The van der Waals surface area contributed by atoms with Crippen molar-refractivity contribution >= 4 is 23.3 Å². The Kier molecular flexibility index (Phi) is 3.01. The van der Waals surface area contributed by atoms with Crippen molar-refractivity contribution in [3.63, 3.8) is 0 Å². The molecule has 1 heterocycles. The lowest BCUT2D eigenvalue weighted by atomic mass is 10.2. The van der Waals surface area contributed by atoms with E-state index in [1.807, 2.05) is 41.0 Å². The molecule has 0 atom stereocenters. The van der Waals surface area contributed by atoms with E-state index in [4.69, 9.17) is 22.2 Å². The Morgan fingerprint density at radius 2 is 2.05 bits per heavy atom. The average Bonchev–Trinajstić information content (AvgIpc) is 2.83. The second-order valence-electron chi connectivity index (χ2n) is 4.28. The molecular formula is C15H11N3OS. The summed E-state index contributed by atoms with van der Waals surface area (Å²) in [5.41, 5.74) is 3.22. The van der Waals surface area contributed by atoms with Gasteiger partial charge < -0.3 is 9.72 Å². The lowest BCUT2D eigenvalue weighted by Crippen LogP contribution is -1.94. The van der Waals surface area contributed by atoms with Crippen LogP contribution in [-0.4, -0.2) is 16.7 Å². The molecule has 0 radical (unpaired) electrons. The van der Waals surface area contributed by atoms with Crippen molar-refractivity contribution in [3.8, 4) is 17.5 Å². The molecule has 0 aliphatic rings. The number of imidazole rings is 1. The van der Waals surface area contributed by atoms with E-state index in [9.17, 15) is 0 Å². The molecule has 0 aliphatic carbocycles. The van der Waals surface area contributed by atoms with Gasteiger partial charge in [0.25, 0.3) is 0 Å². The van der Waals surface area contributed by atoms with E-state index in [-0.39, 0.29) is 0 Å². The van der Waals surface area contributed by atoms with E-state index in [0.29, 0.717) is 10.3 Å². The normalized spacial score (nSPS) is 10.4. The molecule has 20 heavy (non-hydrogen) atoms. The summed E-state index contributed by atoms with van der Waals surface area (Å²) in [6, 6.07) is 15.2. The lowest BCUT2D eigenvalue weighted by Gasteiger charge is -2.05. The fourth-order valence-corrected chi connectivity index (χ4v) is 2.55. The Bertz CT molecular complexity index is 886. The van der Waals surface area contributed by atoms with Crippen molar-refractivity contribution in [1.29, 1.82) is 5.26 Å². The molecule has 0 saturated carbocycles. The molecule has 0 fully saturated rings. The molecule has 0 amide bonds. The minimum absolute atomic E-state index is 0.569. The van der Waals surface area contributed by atoms with Gasteiger partial charge in [-0.25, -0.2) is 0 Å². The zero-order valence-electron chi connectivity index (χ0n) is 10.8. The first-order valence-electron chi connectivity index (χ1n) is 6.03. The molecule has 0 saturated heterocycles. The fourth-order valence-electron chi connectivity index (χ4n) is 2.24. The summed E-state index contributed by atoms with van der Waals surface area (Å²) in [5.74, 6) is 0.740. The number of methoxy groups -OCH3 is 1. The van der Waals surface area contributed by atoms with Crippen LogP contribution < -0.4 is 4.74 Å². The largest absolute Gasteiger partial charge is 0.494 e. The molecule has 0 unspecified atom stereocenters. The van der Waals surface area contributed by atoms with Crippen molar-refractivity contribution in [2.45, 2.75) is 0 Å². The number of hydrogen-bond acceptors (Lipinski definition) is 3. The van der Waals surface area contributed by atoms with E-state index >= 15 is 0 Å². The van der Waals surface area contributed by atoms with Crippen molar-refractivity contribution in [2.75, 3.05) is 7.11 Å². The summed E-state index contributed by atoms with van der Waals surface area (Å²) in [5, 5.41) is 9.01. The summed E-state index contributed by atoms with van der Waals surface area (Å²) in [6.07, 6.45) is 0. The van der Waals surface area contributed by atoms with Crippen LogP contribution >= 0.6 is 12.2 Å². The van der Waals surface area contributed by atoms with Crippen LogP contribution in [0.5, 0.6) is 5.75 Å². The van der Waals surface area contributed by atoms with Gasteiger partial charge in [0.15, 0.2) is 4.77 Å². The smallest absolute Gasteiger partial charge is 0.182 e. The molecule has 98 valence electrons. The fraction of sp³-hybridized carbons (Fsp3) is 0.0667. The molecule has 0 spiro atoms. The predicted octanol–water partition coefficient (Wildman–Crippen LogP) is 3.57. The third-order valence-electron chi connectivity index (χ3n) is 3.13. The standard InChI is InChI=1S/C15H11N3OS/c1-19-13-7-3-6-12-14(13)17-15(20)18(12)11-5-2-4-10(8-11)9-16/h2-8H,1H3,(H,17,20). The van der Waals surface area contributed by atoms with Crippen molar-refractivity contribution in [2.24, 2.45) is 0 Å². The number of fused-ring (bicyclic) bond motifs is 1. The highest BCUT2D eigenvalue weighted by Crippen LogP contribution is 2.27. The number of para-hydroxylation sites is 1. The monoisotopic (exact) mass is 281 g/mol. The molecule has 0 bridgehead atoms. The molecule has 4 nitrogen and oxygen atoms in total. The SMILES string of the molecule is COc1cccc2c1[nH]c(=S)n2-c1cccc(C#N)c1. The van der Waals surface area contributed by atoms with Gasteiger partial charge in [0.2, 0.25) is 0 Å². The van der Waals surface area contributed by atoms with Gasteiger partial charge in [-0.15, -0.1) is 0 Å². The van der Waals surface area contributed by atoms with Crippen LogP contribution in [0.25, 0.3) is 16.7 Å². The van der Waals surface area contributed by atoms with Gasteiger partial charge >= 0.3 is 0 Å². The first kappa shape index (κ1) is 12.5. The predicted molar refractivity (Wildman–Crippen MR) is 79.7 cm³/mol. The Morgan fingerprint density at radius 3 is 2.80 bits per heavy atom. The van der Waals surface area contributed by atoms with Crippen molar-refractivity contribution in [1.82, 2.24) is 9.55 Å². The topological polar surface area (TPSA) is 53.7 Å². The lowest BCUT2D eigenvalue weighted by molar-refractivity contribution is 0.419. The van der Waals surface area contributed by atoms with E-state index in [1.54, 1.807) is 13.2 Å². The number of nitriles is 1. The van der Waals surface area contributed by atoms with Crippen LogP contribution in [0.2, 0.25) is 0 Å². The number of H-pyrrole nitrogens is 1. The number of benzene rings is 2. The van der Waals surface area contributed by atoms with Gasteiger partial charge in [0, 0.05) is 5.69 Å². The third kappa shape index (κ3) is 1.87. The number of hydrogen-bond donors (Lipinski definition) is 1. The van der Waals surface area contributed by atoms with Gasteiger partial charge in [-0.2, -0.15) is 5.26 Å². The van der Waals surface area contributed by atoms with Gasteiger partial charge in [-0.05, 0) is 42.5 Å². The van der Waals surface area contributed by atoms with Crippen molar-refractivity contribution in [3.05, 3.63) is 52.8 Å². The summed E-state index contributed by atoms with van der Waals surface area (Å²) < 4.78 is 7.80. The number of nitrogens with zero attached hydrogens (tertiary/aromatic N) is 2. The van der Waals surface area contributed by atoms with Crippen LogP contribution in [0.15, 0.2) is 42.5 Å². The summed E-state index contributed by atoms with van der Waals surface area (Å²) in [7, 11) is 1.62. The first-order chi connectivity index (χ1) is 9.74. The number of aromatic amines is 1. The zero-order chi connectivity index (χ0) is 14.1. The maximum Gasteiger partial charge on any atom is 0.182 e. The van der Waals surface area contributed by atoms with Crippen LogP contribution in [0.4, 0.5) is 0 Å². The second kappa shape index (κ2) is 4.83. The number of aromatic nitrogens is 2. The Morgan fingerprint density at radius 1 is 1.25 bits per heavy atom. The number of rotatable bonds is 2. The van der Waals surface area contributed by atoms with E-state index in [0.717, 1.165) is 22.5 Å². The van der Waals surface area contributed by atoms with Gasteiger partial charge in [0.1, 0.15) is 11.3 Å². The maximum atomic E-state index is 9.01. The highest BCUT2D eigenvalue weighted by Gasteiger charge is 2.10. The molecule has 1 aromatic heterocycles. The highest BCUT2D eigenvalue weighted by molar-refractivity contribution is 7.71. The van der Waals surface area contributed by atoms with Gasteiger partial charge in [-0.1, -0.05) is 12.1 Å². The summed E-state index contributed by atoms with van der Waals surface area (Å²) >= 11 is 5.39. The van der Waals surface area contributed by atoms with E-state index < -0.39 is 0 Å². The third-order valence-corrected chi connectivity index (χ3v) is 3.42. The summed E-state index contributed by atoms with van der Waals surface area (Å²) in [6.45, 7) is 0. The highest BCUT2D eigenvalue weighted by atomic mass is 32.1. The molecule has 3 aromatic rings. The Labute approximate surface area is 120 Å².